The molecule has 0 unspecified atom stereocenters. The minimum absolute atomic E-state index is 0.00857. The minimum Gasteiger partial charge on any atom is -0.494 e. The van der Waals surface area contributed by atoms with E-state index in [1.807, 2.05) is 74.7 Å². The van der Waals surface area contributed by atoms with E-state index in [2.05, 4.69) is 46.0 Å². The van der Waals surface area contributed by atoms with Crippen molar-refractivity contribution < 1.29 is 17.9 Å². The largest absolute Gasteiger partial charge is 0.494 e. The lowest BCUT2D eigenvalue weighted by Gasteiger charge is -2.46. The fraction of sp³-hybridized carbons (Fsp3) is 0.162. The maximum atomic E-state index is 14.7. The van der Waals surface area contributed by atoms with Crippen LogP contribution in [0, 0.1) is 6.92 Å². The lowest BCUT2D eigenvalue weighted by molar-refractivity contribution is 0.0968. The molecule has 1 aliphatic rings. The van der Waals surface area contributed by atoms with E-state index in [1.54, 1.807) is 40.9 Å². The van der Waals surface area contributed by atoms with Crippen LogP contribution in [0.3, 0.4) is 0 Å². The van der Waals surface area contributed by atoms with Crippen molar-refractivity contribution in [3.63, 3.8) is 0 Å². The second-order valence-electron chi connectivity index (χ2n) is 11.0. The molecule has 5 aromatic carbocycles. The highest BCUT2D eigenvalue weighted by Crippen LogP contribution is 2.43. The van der Waals surface area contributed by atoms with Gasteiger partial charge in [0.1, 0.15) is 11.9 Å². The Morgan fingerprint density at radius 1 is 0.848 bits per heavy atom. The fourth-order valence-electron chi connectivity index (χ4n) is 5.64. The Kier molecular flexibility index (Phi) is 9.05. The van der Waals surface area contributed by atoms with E-state index in [4.69, 9.17) is 4.74 Å². The first-order valence-corrected chi connectivity index (χ1v) is 17.7. The number of carbonyl (C=O) groups is 1. The van der Waals surface area contributed by atoms with Crippen molar-refractivity contribution in [3.8, 4) is 5.75 Å². The predicted molar refractivity (Wildman–Crippen MR) is 186 cm³/mol. The first-order valence-electron chi connectivity index (χ1n) is 15.0. The van der Waals surface area contributed by atoms with Crippen LogP contribution >= 0.6 is 11.8 Å². The molecule has 1 aliphatic heterocycles. The molecule has 234 valence electrons. The third-order valence-electron chi connectivity index (χ3n) is 7.92. The summed E-state index contributed by atoms with van der Waals surface area (Å²) in [5.74, 6) is 0.406. The molecule has 5 aromatic rings. The number of nitrogens with one attached hydrogen (secondary N) is 1. The van der Waals surface area contributed by atoms with Crippen molar-refractivity contribution in [2.75, 3.05) is 27.4 Å². The molecule has 46 heavy (non-hydrogen) atoms. The number of amides is 1. The van der Waals surface area contributed by atoms with Gasteiger partial charge in [-0.1, -0.05) is 60.2 Å². The Bertz CT molecular complexity index is 1930. The van der Waals surface area contributed by atoms with Gasteiger partial charge in [0, 0.05) is 22.8 Å². The van der Waals surface area contributed by atoms with Crippen LogP contribution in [-0.4, -0.2) is 27.2 Å². The molecule has 9 heteroatoms. The first kappa shape index (κ1) is 31.3. The van der Waals surface area contributed by atoms with Gasteiger partial charge in [-0.3, -0.25) is 14.4 Å². The SMILES string of the molecule is CCOc1ccc(N2C(=O)c3cc(S(=O)(=O)Nc4ccc(C)cc4)ccc3N(Cc3ccccc3)[C@H]2c2ccc(SC)cc2)cc1. The number of rotatable bonds is 10. The van der Waals surface area contributed by atoms with Gasteiger partial charge in [-0.15, -0.1) is 11.8 Å². The summed E-state index contributed by atoms with van der Waals surface area (Å²) in [6.07, 6.45) is 1.52. The topological polar surface area (TPSA) is 78.9 Å². The van der Waals surface area contributed by atoms with Crippen molar-refractivity contribution in [2.24, 2.45) is 0 Å². The highest BCUT2D eigenvalue weighted by Gasteiger charge is 2.40. The molecule has 0 fully saturated rings. The number of nitrogens with zero attached hydrogens (tertiary/aromatic N) is 2. The Balaban J connectivity index is 1.51. The third-order valence-corrected chi connectivity index (χ3v) is 10.0. The predicted octanol–water partition coefficient (Wildman–Crippen LogP) is 8.28. The van der Waals surface area contributed by atoms with Gasteiger partial charge in [0.2, 0.25) is 0 Å². The van der Waals surface area contributed by atoms with Crippen molar-refractivity contribution in [1.82, 2.24) is 0 Å². The molecular formula is C37H35N3O4S2. The maximum Gasteiger partial charge on any atom is 0.262 e. The number of hydrogen-bond acceptors (Lipinski definition) is 6. The highest BCUT2D eigenvalue weighted by atomic mass is 32.2. The zero-order valence-electron chi connectivity index (χ0n) is 25.9. The monoisotopic (exact) mass is 649 g/mol. The molecule has 1 amide bonds. The van der Waals surface area contributed by atoms with E-state index in [1.165, 1.54) is 6.07 Å². The average molecular weight is 650 g/mol. The summed E-state index contributed by atoms with van der Waals surface area (Å²) in [5.41, 5.74) is 5.08. The molecule has 0 aromatic heterocycles. The van der Waals surface area contributed by atoms with Gasteiger partial charge in [0.05, 0.1) is 22.8 Å². The van der Waals surface area contributed by atoms with Crippen LogP contribution in [0.4, 0.5) is 17.1 Å². The second-order valence-corrected chi connectivity index (χ2v) is 13.6. The summed E-state index contributed by atoms with van der Waals surface area (Å²) in [6, 6.07) is 37.7. The number of sulfonamides is 1. The molecule has 1 heterocycles. The first-order chi connectivity index (χ1) is 22.3. The van der Waals surface area contributed by atoms with Gasteiger partial charge >= 0.3 is 0 Å². The number of carbonyl (C=O) groups excluding carboxylic acids is 1. The van der Waals surface area contributed by atoms with Crippen LogP contribution in [0.5, 0.6) is 5.75 Å². The fourth-order valence-corrected chi connectivity index (χ4v) is 7.13. The highest BCUT2D eigenvalue weighted by molar-refractivity contribution is 7.98. The van der Waals surface area contributed by atoms with Crippen LogP contribution in [-0.2, 0) is 16.6 Å². The Morgan fingerprint density at radius 3 is 2.20 bits per heavy atom. The number of fused-ring (bicyclic) bond motifs is 1. The van der Waals surface area contributed by atoms with E-state index in [9.17, 15) is 13.2 Å². The molecular weight excluding hydrogens is 615 g/mol. The number of thioether (sulfide) groups is 1. The van der Waals surface area contributed by atoms with E-state index in [0.29, 0.717) is 41.5 Å². The van der Waals surface area contributed by atoms with Gasteiger partial charge in [-0.25, -0.2) is 8.42 Å². The Morgan fingerprint density at radius 2 is 1.54 bits per heavy atom. The quantitative estimate of drug-likeness (QED) is 0.154. The molecule has 1 N–H and O–H groups in total. The Labute approximate surface area is 274 Å². The van der Waals surface area contributed by atoms with E-state index in [0.717, 1.165) is 21.6 Å². The van der Waals surface area contributed by atoms with Gasteiger partial charge in [-0.05, 0) is 98.0 Å². The molecule has 0 saturated heterocycles. The van der Waals surface area contributed by atoms with Crippen molar-refractivity contribution in [1.29, 1.82) is 0 Å². The van der Waals surface area contributed by atoms with Crippen LogP contribution in [0.15, 0.2) is 131 Å². The van der Waals surface area contributed by atoms with Gasteiger partial charge in [0.25, 0.3) is 15.9 Å². The molecule has 1 atom stereocenters. The minimum atomic E-state index is -3.99. The molecule has 7 nitrogen and oxygen atoms in total. The number of hydrogen-bond donors (Lipinski definition) is 1. The molecule has 0 saturated carbocycles. The smallest absolute Gasteiger partial charge is 0.262 e. The lowest BCUT2D eigenvalue weighted by atomic mass is 9.99. The van der Waals surface area contributed by atoms with Crippen LogP contribution in [0.2, 0.25) is 0 Å². The summed E-state index contributed by atoms with van der Waals surface area (Å²) in [4.78, 5) is 19.7. The number of anilines is 3. The summed E-state index contributed by atoms with van der Waals surface area (Å²) < 4.78 is 35.5. The van der Waals surface area contributed by atoms with Gasteiger partial charge < -0.3 is 9.64 Å². The average Bonchev–Trinajstić information content (AvgIpc) is 3.08. The van der Waals surface area contributed by atoms with Crippen molar-refractivity contribution in [3.05, 3.63) is 144 Å². The second kappa shape index (κ2) is 13.3. The summed E-state index contributed by atoms with van der Waals surface area (Å²) >= 11 is 1.65. The summed E-state index contributed by atoms with van der Waals surface area (Å²) in [7, 11) is -3.99. The standard InChI is InChI=1S/C37H35N3O4S2/c1-4-44-31-18-16-30(17-19-31)40-36(28-12-20-32(45-3)21-13-28)39(25-27-8-6-5-7-9-27)35-23-22-33(24-34(35)37(40)41)46(42,43)38-29-14-10-26(2)11-15-29/h5-24,36,38H,4,25H2,1-3H3/t36-/m1/s1. The van der Waals surface area contributed by atoms with E-state index < -0.39 is 16.2 Å². The van der Waals surface area contributed by atoms with Crippen molar-refractivity contribution >= 4 is 44.8 Å². The number of ether oxygens (including phenoxy) is 1. The van der Waals surface area contributed by atoms with Crippen LogP contribution in [0.1, 0.15) is 40.1 Å². The molecule has 0 aliphatic carbocycles. The molecule has 0 spiro atoms. The van der Waals surface area contributed by atoms with Crippen LogP contribution < -0.4 is 19.3 Å². The Hall–Kier alpha value is -4.73. The number of aryl methyl sites for hydroxylation is 1. The lowest BCUT2D eigenvalue weighted by Crippen LogP contribution is -2.49. The zero-order valence-corrected chi connectivity index (χ0v) is 27.5. The van der Waals surface area contributed by atoms with E-state index in [-0.39, 0.29) is 10.8 Å². The molecule has 0 radical (unpaired) electrons. The summed E-state index contributed by atoms with van der Waals surface area (Å²) in [5, 5.41) is 0. The molecule has 6 rings (SSSR count). The molecule has 0 bridgehead atoms. The van der Waals surface area contributed by atoms with Gasteiger partial charge in [-0.2, -0.15) is 0 Å². The third kappa shape index (κ3) is 6.47. The van der Waals surface area contributed by atoms with Gasteiger partial charge in [0.15, 0.2) is 0 Å². The van der Waals surface area contributed by atoms with Crippen LogP contribution in [0.25, 0.3) is 0 Å². The van der Waals surface area contributed by atoms with Crippen molar-refractivity contribution in [2.45, 2.75) is 36.3 Å². The number of benzene rings is 5. The van der Waals surface area contributed by atoms with E-state index >= 15 is 0 Å². The zero-order chi connectivity index (χ0) is 32.3. The maximum absolute atomic E-state index is 14.7. The normalized spacial score (nSPS) is 14.6. The summed E-state index contributed by atoms with van der Waals surface area (Å²) in [6.45, 7) is 4.87.